The molecule has 0 amide bonds. The molecule has 0 bridgehead atoms. The summed E-state index contributed by atoms with van der Waals surface area (Å²) in [4.78, 5) is 10.7. The molecule has 1 heterocycles. The maximum atomic E-state index is 10.7. The van der Waals surface area contributed by atoms with Gasteiger partial charge in [0.25, 0.3) is 0 Å². The van der Waals surface area contributed by atoms with Gasteiger partial charge in [-0.2, -0.15) is 20.5 Å². The van der Waals surface area contributed by atoms with E-state index >= 15 is 0 Å². The van der Waals surface area contributed by atoms with Crippen molar-refractivity contribution < 1.29 is 15.0 Å². The zero-order valence-corrected chi connectivity index (χ0v) is 10.6. The SMILES string of the molecule is O=Cc1cc(N=Nc2ccc3n[nH]nc3c2)c(O)cc1O. The number of nitrogens with one attached hydrogen (secondary N) is 1. The Labute approximate surface area is 117 Å². The molecule has 0 atom stereocenters. The highest BCUT2D eigenvalue weighted by atomic mass is 16.3. The number of phenolic OH excluding ortho intramolecular Hbond substituents is 2. The molecule has 0 aliphatic rings. The van der Waals surface area contributed by atoms with E-state index in [0.717, 1.165) is 6.07 Å². The molecule has 0 radical (unpaired) electrons. The third-order valence-corrected chi connectivity index (χ3v) is 2.82. The van der Waals surface area contributed by atoms with Crippen molar-refractivity contribution in [3.63, 3.8) is 0 Å². The molecule has 1 aromatic heterocycles. The molecule has 0 saturated heterocycles. The lowest BCUT2D eigenvalue weighted by molar-refractivity contribution is 0.112. The molecular formula is C13H9N5O3. The van der Waals surface area contributed by atoms with Crippen LogP contribution in [0.15, 0.2) is 40.6 Å². The summed E-state index contributed by atoms with van der Waals surface area (Å²) < 4.78 is 0. The van der Waals surface area contributed by atoms with Crippen LogP contribution in [0.3, 0.4) is 0 Å². The van der Waals surface area contributed by atoms with Gasteiger partial charge in [0.1, 0.15) is 28.2 Å². The fourth-order valence-corrected chi connectivity index (χ4v) is 1.76. The molecule has 21 heavy (non-hydrogen) atoms. The van der Waals surface area contributed by atoms with Crippen LogP contribution in [-0.2, 0) is 0 Å². The predicted octanol–water partition coefficient (Wildman–Crippen LogP) is 2.60. The number of aldehydes is 1. The van der Waals surface area contributed by atoms with Crippen LogP contribution < -0.4 is 0 Å². The Balaban J connectivity index is 1.96. The van der Waals surface area contributed by atoms with E-state index in [1.807, 2.05) is 0 Å². The number of aromatic nitrogens is 3. The number of carbonyl (C=O) groups excluding carboxylic acids is 1. The van der Waals surface area contributed by atoms with E-state index in [2.05, 4.69) is 25.6 Å². The highest BCUT2D eigenvalue weighted by Gasteiger charge is 2.07. The summed E-state index contributed by atoms with van der Waals surface area (Å²) in [5.74, 6) is -0.588. The average Bonchev–Trinajstić information content (AvgIpc) is 2.94. The molecule has 8 heteroatoms. The smallest absolute Gasteiger partial charge is 0.153 e. The van der Waals surface area contributed by atoms with Gasteiger partial charge >= 0.3 is 0 Å². The van der Waals surface area contributed by atoms with Crippen molar-refractivity contribution >= 4 is 28.7 Å². The quantitative estimate of drug-likeness (QED) is 0.503. The first-order valence-corrected chi connectivity index (χ1v) is 5.91. The van der Waals surface area contributed by atoms with Gasteiger partial charge in [-0.25, -0.2) is 0 Å². The largest absolute Gasteiger partial charge is 0.507 e. The van der Waals surface area contributed by atoms with E-state index in [9.17, 15) is 15.0 Å². The molecular weight excluding hydrogens is 274 g/mol. The molecule has 3 rings (SSSR count). The fourth-order valence-electron chi connectivity index (χ4n) is 1.76. The third kappa shape index (κ3) is 2.41. The normalized spacial score (nSPS) is 11.2. The monoisotopic (exact) mass is 283 g/mol. The Morgan fingerprint density at radius 1 is 1.00 bits per heavy atom. The number of aromatic hydroxyl groups is 2. The number of azo groups is 1. The highest BCUT2D eigenvalue weighted by molar-refractivity contribution is 5.82. The Kier molecular flexibility index (Phi) is 3.03. The number of fused-ring (bicyclic) bond motifs is 1. The minimum Gasteiger partial charge on any atom is -0.507 e. The molecule has 104 valence electrons. The topological polar surface area (TPSA) is 124 Å². The van der Waals surface area contributed by atoms with Gasteiger partial charge in [-0.1, -0.05) is 0 Å². The highest BCUT2D eigenvalue weighted by Crippen LogP contribution is 2.33. The number of H-pyrrole nitrogens is 1. The van der Waals surface area contributed by atoms with Gasteiger partial charge in [0.2, 0.25) is 0 Å². The number of nitrogens with zero attached hydrogens (tertiary/aromatic N) is 4. The summed E-state index contributed by atoms with van der Waals surface area (Å²) >= 11 is 0. The zero-order chi connectivity index (χ0) is 14.8. The van der Waals surface area contributed by atoms with Gasteiger partial charge in [0.05, 0.1) is 11.3 Å². The summed E-state index contributed by atoms with van der Waals surface area (Å²) in [5, 5.41) is 37.2. The van der Waals surface area contributed by atoms with Crippen LogP contribution in [0.1, 0.15) is 10.4 Å². The molecule has 8 nitrogen and oxygen atoms in total. The molecule has 0 spiro atoms. The number of rotatable bonds is 3. The summed E-state index contributed by atoms with van der Waals surface area (Å²) in [5.41, 5.74) is 1.94. The van der Waals surface area contributed by atoms with E-state index in [1.165, 1.54) is 6.07 Å². The summed E-state index contributed by atoms with van der Waals surface area (Å²) in [6.45, 7) is 0. The third-order valence-electron chi connectivity index (χ3n) is 2.82. The van der Waals surface area contributed by atoms with Crippen LogP contribution in [0.4, 0.5) is 11.4 Å². The van der Waals surface area contributed by atoms with Crippen molar-refractivity contribution in [2.24, 2.45) is 10.2 Å². The lowest BCUT2D eigenvalue weighted by Crippen LogP contribution is -1.81. The van der Waals surface area contributed by atoms with Gasteiger partial charge in [-0.05, 0) is 24.3 Å². The molecule has 0 aliphatic carbocycles. The Bertz CT molecular complexity index is 856. The number of benzene rings is 2. The second kappa shape index (κ2) is 5.00. The van der Waals surface area contributed by atoms with Gasteiger partial charge < -0.3 is 10.2 Å². The Hall–Kier alpha value is -3.29. The maximum absolute atomic E-state index is 10.7. The van der Waals surface area contributed by atoms with Gasteiger partial charge in [0, 0.05) is 6.07 Å². The van der Waals surface area contributed by atoms with E-state index in [4.69, 9.17) is 0 Å². The van der Waals surface area contributed by atoms with Crippen molar-refractivity contribution in [3.05, 3.63) is 35.9 Å². The van der Waals surface area contributed by atoms with Crippen molar-refractivity contribution in [1.29, 1.82) is 0 Å². The molecule has 3 aromatic rings. The number of aromatic amines is 1. The fraction of sp³-hybridized carbons (Fsp3) is 0. The Morgan fingerprint density at radius 2 is 1.81 bits per heavy atom. The maximum Gasteiger partial charge on any atom is 0.153 e. The second-order valence-corrected chi connectivity index (χ2v) is 4.21. The molecule has 0 fully saturated rings. The summed E-state index contributed by atoms with van der Waals surface area (Å²) in [7, 11) is 0. The standard InChI is InChI=1S/C13H9N5O3/c19-6-7-3-11(13(21)5-12(7)20)15-14-8-1-2-9-10(4-8)17-18-16-9/h1-6,20-21H,(H,16,17,18). The molecule has 3 N–H and O–H groups in total. The molecule has 0 saturated carbocycles. The minimum atomic E-state index is -0.314. The first-order chi connectivity index (χ1) is 10.2. The second-order valence-electron chi connectivity index (χ2n) is 4.21. The molecule has 0 aliphatic heterocycles. The van der Waals surface area contributed by atoms with Crippen molar-refractivity contribution in [2.75, 3.05) is 0 Å². The van der Waals surface area contributed by atoms with Gasteiger partial charge in [-0.3, -0.25) is 4.79 Å². The number of hydrogen-bond acceptors (Lipinski definition) is 7. The van der Waals surface area contributed by atoms with E-state index in [-0.39, 0.29) is 22.7 Å². The Morgan fingerprint density at radius 3 is 2.62 bits per heavy atom. The van der Waals surface area contributed by atoms with E-state index < -0.39 is 0 Å². The van der Waals surface area contributed by atoms with Crippen LogP contribution >= 0.6 is 0 Å². The summed E-state index contributed by atoms with van der Waals surface area (Å²) in [6.07, 6.45) is 0.468. The van der Waals surface area contributed by atoms with Crippen LogP contribution in [0.25, 0.3) is 11.0 Å². The number of carbonyl (C=O) groups is 1. The van der Waals surface area contributed by atoms with Crippen LogP contribution in [0.2, 0.25) is 0 Å². The number of hydrogen-bond donors (Lipinski definition) is 3. The van der Waals surface area contributed by atoms with Gasteiger partial charge in [0.15, 0.2) is 6.29 Å². The lowest BCUT2D eigenvalue weighted by Gasteiger charge is -2.01. The first kappa shape index (κ1) is 12.7. The zero-order valence-electron chi connectivity index (χ0n) is 10.6. The van der Waals surface area contributed by atoms with E-state index in [0.29, 0.717) is 23.0 Å². The first-order valence-electron chi connectivity index (χ1n) is 5.91. The molecule has 2 aromatic carbocycles. The lowest BCUT2D eigenvalue weighted by atomic mass is 10.2. The minimum absolute atomic E-state index is 0.0219. The molecule has 0 unspecified atom stereocenters. The summed E-state index contributed by atoms with van der Waals surface area (Å²) in [6, 6.07) is 7.36. The van der Waals surface area contributed by atoms with Crippen LogP contribution in [0, 0.1) is 0 Å². The van der Waals surface area contributed by atoms with Crippen molar-refractivity contribution in [3.8, 4) is 11.5 Å². The van der Waals surface area contributed by atoms with Crippen molar-refractivity contribution in [2.45, 2.75) is 0 Å². The van der Waals surface area contributed by atoms with E-state index in [1.54, 1.807) is 18.2 Å². The van der Waals surface area contributed by atoms with Crippen LogP contribution in [0.5, 0.6) is 11.5 Å². The predicted molar refractivity (Wildman–Crippen MR) is 73.2 cm³/mol. The average molecular weight is 283 g/mol. The van der Waals surface area contributed by atoms with Gasteiger partial charge in [-0.15, -0.1) is 5.11 Å². The van der Waals surface area contributed by atoms with Crippen molar-refractivity contribution in [1.82, 2.24) is 15.4 Å². The van der Waals surface area contributed by atoms with Crippen LogP contribution in [-0.4, -0.2) is 31.9 Å². The number of phenols is 2.